The van der Waals surface area contributed by atoms with E-state index in [0.717, 1.165) is 39.1 Å². The molecule has 2 heterocycles. The molecule has 1 atom stereocenters. The van der Waals surface area contributed by atoms with Gasteiger partial charge in [-0.2, -0.15) is 0 Å². The Labute approximate surface area is 114 Å². The molecular formula is C15H21N3O. The summed E-state index contributed by atoms with van der Waals surface area (Å²) in [6, 6.07) is 9.04. The summed E-state index contributed by atoms with van der Waals surface area (Å²) in [5.41, 5.74) is 2.47. The zero-order valence-electron chi connectivity index (χ0n) is 11.4. The largest absolute Gasteiger partial charge is 0.320 e. The van der Waals surface area contributed by atoms with E-state index in [2.05, 4.69) is 36.5 Å². The van der Waals surface area contributed by atoms with Crippen molar-refractivity contribution in [3.05, 3.63) is 35.4 Å². The number of carbonyl (C=O) groups excluding carboxylic acids is 1. The zero-order chi connectivity index (χ0) is 13.2. The molecule has 0 bridgehead atoms. The second-order valence-electron chi connectivity index (χ2n) is 5.53. The number of urea groups is 1. The Balaban J connectivity index is 1.63. The summed E-state index contributed by atoms with van der Waals surface area (Å²) in [5, 5.41) is 3.33. The van der Waals surface area contributed by atoms with Crippen molar-refractivity contribution in [2.45, 2.75) is 25.9 Å². The van der Waals surface area contributed by atoms with Crippen molar-refractivity contribution >= 4 is 6.03 Å². The number of carbonyl (C=O) groups is 1. The molecule has 19 heavy (non-hydrogen) atoms. The topological polar surface area (TPSA) is 35.6 Å². The zero-order valence-corrected chi connectivity index (χ0v) is 11.4. The van der Waals surface area contributed by atoms with E-state index in [-0.39, 0.29) is 6.03 Å². The second-order valence-corrected chi connectivity index (χ2v) is 5.53. The lowest BCUT2D eigenvalue weighted by Crippen LogP contribution is -2.40. The van der Waals surface area contributed by atoms with Crippen LogP contribution in [-0.4, -0.2) is 48.1 Å². The van der Waals surface area contributed by atoms with E-state index < -0.39 is 0 Å². The summed E-state index contributed by atoms with van der Waals surface area (Å²) in [6.45, 7) is 6.52. The number of amides is 2. The van der Waals surface area contributed by atoms with Crippen LogP contribution >= 0.6 is 0 Å². The van der Waals surface area contributed by atoms with Crippen molar-refractivity contribution in [2.75, 3.05) is 26.2 Å². The van der Waals surface area contributed by atoms with Crippen LogP contribution in [0, 0.1) is 6.92 Å². The number of nitrogens with one attached hydrogen (secondary N) is 1. The molecule has 2 aliphatic heterocycles. The maximum atomic E-state index is 12.4. The van der Waals surface area contributed by atoms with Gasteiger partial charge < -0.3 is 15.1 Å². The lowest BCUT2D eigenvalue weighted by atomic mass is 10.1. The van der Waals surface area contributed by atoms with Crippen molar-refractivity contribution < 1.29 is 4.79 Å². The van der Waals surface area contributed by atoms with Crippen molar-refractivity contribution in [2.24, 2.45) is 0 Å². The molecule has 1 N–H and O–H groups in total. The number of hydrogen-bond acceptors (Lipinski definition) is 2. The fourth-order valence-corrected chi connectivity index (χ4v) is 2.91. The second kappa shape index (κ2) is 5.21. The number of aryl methyl sites for hydroxylation is 1. The van der Waals surface area contributed by atoms with E-state index in [1.807, 2.05) is 9.80 Å². The molecule has 0 saturated carbocycles. The van der Waals surface area contributed by atoms with Gasteiger partial charge in [-0.05, 0) is 25.5 Å². The van der Waals surface area contributed by atoms with E-state index in [0.29, 0.717) is 6.04 Å². The number of rotatable bonds is 3. The van der Waals surface area contributed by atoms with Crippen LogP contribution in [0.4, 0.5) is 4.79 Å². The Morgan fingerprint density at radius 2 is 2.05 bits per heavy atom. The van der Waals surface area contributed by atoms with Crippen molar-refractivity contribution in [3.63, 3.8) is 0 Å². The Kier molecular flexibility index (Phi) is 3.42. The van der Waals surface area contributed by atoms with Crippen molar-refractivity contribution in [1.82, 2.24) is 15.1 Å². The number of nitrogens with zero attached hydrogens (tertiary/aromatic N) is 2. The predicted molar refractivity (Wildman–Crippen MR) is 75.0 cm³/mol. The van der Waals surface area contributed by atoms with Crippen LogP contribution in [0.2, 0.25) is 0 Å². The average molecular weight is 259 g/mol. The first kappa shape index (κ1) is 12.5. The van der Waals surface area contributed by atoms with Crippen LogP contribution in [0.15, 0.2) is 24.3 Å². The third-order valence-electron chi connectivity index (χ3n) is 4.10. The van der Waals surface area contributed by atoms with Gasteiger partial charge in [0.05, 0.1) is 0 Å². The first-order valence-corrected chi connectivity index (χ1v) is 7.06. The van der Waals surface area contributed by atoms with Crippen molar-refractivity contribution in [1.29, 1.82) is 0 Å². The molecule has 2 saturated heterocycles. The maximum Gasteiger partial charge on any atom is 0.320 e. The van der Waals surface area contributed by atoms with Gasteiger partial charge in [-0.25, -0.2) is 4.79 Å². The molecule has 2 fully saturated rings. The highest BCUT2D eigenvalue weighted by molar-refractivity contribution is 5.77. The smallest absolute Gasteiger partial charge is 0.319 e. The number of benzene rings is 1. The first-order chi connectivity index (χ1) is 9.24. The third kappa shape index (κ3) is 2.59. The van der Waals surface area contributed by atoms with E-state index >= 15 is 0 Å². The van der Waals surface area contributed by atoms with E-state index in [4.69, 9.17) is 0 Å². The van der Waals surface area contributed by atoms with Crippen molar-refractivity contribution in [3.8, 4) is 0 Å². The van der Waals surface area contributed by atoms with Gasteiger partial charge in [0.2, 0.25) is 0 Å². The van der Waals surface area contributed by atoms with Crippen LogP contribution < -0.4 is 5.32 Å². The molecule has 3 rings (SSSR count). The minimum atomic E-state index is 0.203. The molecule has 1 aromatic carbocycles. The highest BCUT2D eigenvalue weighted by Gasteiger charge is 2.34. The highest BCUT2D eigenvalue weighted by atomic mass is 16.2. The van der Waals surface area contributed by atoms with Gasteiger partial charge >= 0.3 is 6.03 Å². The molecule has 4 heteroatoms. The third-order valence-corrected chi connectivity index (χ3v) is 4.10. The molecule has 1 unspecified atom stereocenters. The van der Waals surface area contributed by atoms with Gasteiger partial charge in [0, 0.05) is 32.2 Å². The molecule has 2 amide bonds. The molecule has 102 valence electrons. The van der Waals surface area contributed by atoms with Crippen LogP contribution in [0.25, 0.3) is 0 Å². The molecular weight excluding hydrogens is 238 g/mol. The van der Waals surface area contributed by atoms with Gasteiger partial charge in [-0.1, -0.05) is 29.8 Å². The molecule has 1 aromatic rings. The maximum absolute atomic E-state index is 12.4. The van der Waals surface area contributed by atoms with Crippen LogP contribution in [0.3, 0.4) is 0 Å². The fraction of sp³-hybridized carbons (Fsp3) is 0.533. The van der Waals surface area contributed by atoms with Crippen LogP contribution in [0.5, 0.6) is 0 Å². The van der Waals surface area contributed by atoms with E-state index in [9.17, 15) is 4.79 Å². The quantitative estimate of drug-likeness (QED) is 0.895. The summed E-state index contributed by atoms with van der Waals surface area (Å²) < 4.78 is 0. The number of hydrogen-bond donors (Lipinski definition) is 1. The van der Waals surface area contributed by atoms with E-state index in [1.54, 1.807) is 0 Å². The summed E-state index contributed by atoms with van der Waals surface area (Å²) in [5.74, 6) is 0. The minimum absolute atomic E-state index is 0.203. The Hall–Kier alpha value is -1.55. The van der Waals surface area contributed by atoms with Gasteiger partial charge in [0.1, 0.15) is 0 Å². The predicted octanol–water partition coefficient (Wildman–Crippen LogP) is 1.59. The molecule has 0 spiro atoms. The Morgan fingerprint density at radius 1 is 1.26 bits per heavy atom. The fourth-order valence-electron chi connectivity index (χ4n) is 2.91. The standard InChI is InChI=1S/C15H21N3O/c1-12-2-4-13(5-3-12)11-17-8-9-18(15(17)19)14-6-7-16-10-14/h2-5,14,16H,6-11H2,1H3. The molecule has 0 aromatic heterocycles. The summed E-state index contributed by atoms with van der Waals surface area (Å²) in [6.07, 6.45) is 1.09. The molecule has 4 nitrogen and oxygen atoms in total. The summed E-state index contributed by atoms with van der Waals surface area (Å²) >= 11 is 0. The van der Waals surface area contributed by atoms with Gasteiger partial charge in [0.15, 0.2) is 0 Å². The Bertz CT molecular complexity index is 451. The van der Waals surface area contributed by atoms with Gasteiger partial charge in [-0.15, -0.1) is 0 Å². The van der Waals surface area contributed by atoms with Crippen LogP contribution in [0.1, 0.15) is 17.5 Å². The molecule has 0 radical (unpaired) electrons. The highest BCUT2D eigenvalue weighted by Crippen LogP contribution is 2.19. The minimum Gasteiger partial charge on any atom is -0.319 e. The Morgan fingerprint density at radius 3 is 2.74 bits per heavy atom. The monoisotopic (exact) mass is 259 g/mol. The summed E-state index contributed by atoms with van der Waals surface area (Å²) in [7, 11) is 0. The molecule has 2 aliphatic rings. The van der Waals surface area contributed by atoms with Gasteiger partial charge in [0.25, 0.3) is 0 Å². The average Bonchev–Trinajstić information content (AvgIpc) is 3.03. The molecule has 0 aliphatic carbocycles. The SMILES string of the molecule is Cc1ccc(CN2CCN(C3CCNC3)C2=O)cc1. The lowest BCUT2D eigenvalue weighted by Gasteiger charge is -2.23. The normalized spacial score (nSPS) is 23.4. The van der Waals surface area contributed by atoms with E-state index in [1.165, 1.54) is 11.1 Å². The lowest BCUT2D eigenvalue weighted by molar-refractivity contribution is 0.178. The van der Waals surface area contributed by atoms with Crippen LogP contribution in [-0.2, 0) is 6.54 Å². The van der Waals surface area contributed by atoms with Gasteiger partial charge in [-0.3, -0.25) is 0 Å². The first-order valence-electron chi connectivity index (χ1n) is 7.06. The summed E-state index contributed by atoms with van der Waals surface area (Å²) in [4.78, 5) is 16.4.